The van der Waals surface area contributed by atoms with E-state index < -0.39 is 6.10 Å². The van der Waals surface area contributed by atoms with Gasteiger partial charge in [0.25, 0.3) is 0 Å². The first-order chi connectivity index (χ1) is 10.0. The van der Waals surface area contributed by atoms with Crippen LogP contribution < -0.4 is 10.5 Å². The number of hydrogen-bond acceptors (Lipinski definition) is 6. The zero-order chi connectivity index (χ0) is 15.8. The molecule has 0 aromatic heterocycles. The maximum absolute atomic E-state index is 9.70. The Labute approximate surface area is 124 Å². The second kappa shape index (κ2) is 8.46. The van der Waals surface area contributed by atoms with Crippen LogP contribution in [0, 0.1) is 0 Å². The third-order valence-corrected chi connectivity index (χ3v) is 2.98. The number of hydrogen-bond donors (Lipinski definition) is 3. The summed E-state index contributed by atoms with van der Waals surface area (Å²) in [7, 11) is 4.99. The van der Waals surface area contributed by atoms with Crippen molar-refractivity contribution in [2.24, 2.45) is 10.9 Å². The molecular weight excluding hydrogens is 274 g/mol. The van der Waals surface area contributed by atoms with Gasteiger partial charge in [-0.25, -0.2) is 0 Å². The van der Waals surface area contributed by atoms with E-state index in [1.807, 2.05) is 24.1 Å². The lowest BCUT2D eigenvalue weighted by Crippen LogP contribution is -2.31. The molecule has 0 fully saturated rings. The van der Waals surface area contributed by atoms with E-state index in [0.717, 1.165) is 5.56 Å². The van der Waals surface area contributed by atoms with Gasteiger partial charge in [-0.05, 0) is 24.7 Å². The Balaban J connectivity index is 2.76. The number of rotatable bonds is 8. The molecule has 1 aromatic carbocycles. The molecule has 4 N–H and O–H groups in total. The number of oxime groups is 1. The van der Waals surface area contributed by atoms with Crippen molar-refractivity contribution in [3.8, 4) is 5.75 Å². The summed E-state index contributed by atoms with van der Waals surface area (Å²) in [5.74, 6) is 0.538. The first kappa shape index (κ1) is 17.2. The fraction of sp³-hybridized carbons (Fsp3) is 0.500. The second-order valence-electron chi connectivity index (χ2n) is 4.83. The minimum absolute atomic E-state index is 0.00210. The van der Waals surface area contributed by atoms with Crippen molar-refractivity contribution in [3.63, 3.8) is 0 Å². The van der Waals surface area contributed by atoms with Crippen LogP contribution in [-0.4, -0.2) is 61.6 Å². The van der Waals surface area contributed by atoms with Crippen LogP contribution in [-0.2, 0) is 11.3 Å². The van der Waals surface area contributed by atoms with E-state index in [9.17, 15) is 5.11 Å². The molecular formula is C14H23N3O4. The van der Waals surface area contributed by atoms with E-state index in [1.165, 1.54) is 7.11 Å². The number of ether oxygens (including phenoxy) is 2. The lowest BCUT2D eigenvalue weighted by molar-refractivity contribution is 0.0419. The number of amidine groups is 1. The molecule has 0 aliphatic rings. The number of nitrogens with zero attached hydrogens (tertiary/aromatic N) is 2. The summed E-state index contributed by atoms with van der Waals surface area (Å²) < 4.78 is 10.1. The molecule has 0 bridgehead atoms. The van der Waals surface area contributed by atoms with Crippen molar-refractivity contribution >= 4 is 5.84 Å². The van der Waals surface area contributed by atoms with Crippen molar-refractivity contribution in [1.82, 2.24) is 4.90 Å². The molecule has 21 heavy (non-hydrogen) atoms. The number of aliphatic hydroxyl groups excluding tert-OH is 1. The van der Waals surface area contributed by atoms with Gasteiger partial charge in [-0.2, -0.15) is 0 Å². The molecule has 1 rings (SSSR count). The van der Waals surface area contributed by atoms with E-state index in [2.05, 4.69) is 5.16 Å². The molecule has 7 heteroatoms. The number of likely N-dealkylation sites (N-methyl/N-ethyl adjacent to an activating group) is 1. The molecule has 0 spiro atoms. The molecule has 0 aliphatic carbocycles. The van der Waals surface area contributed by atoms with E-state index >= 15 is 0 Å². The molecule has 0 heterocycles. The second-order valence-corrected chi connectivity index (χ2v) is 4.83. The molecule has 7 nitrogen and oxygen atoms in total. The van der Waals surface area contributed by atoms with Crippen LogP contribution in [0.15, 0.2) is 23.4 Å². The van der Waals surface area contributed by atoms with Crippen LogP contribution >= 0.6 is 0 Å². The van der Waals surface area contributed by atoms with Gasteiger partial charge in [-0.3, -0.25) is 4.90 Å². The van der Waals surface area contributed by atoms with E-state index in [-0.39, 0.29) is 5.84 Å². The Hall–Kier alpha value is -1.83. The summed E-state index contributed by atoms with van der Waals surface area (Å²) in [6.07, 6.45) is -0.529. The number of nitrogens with two attached hydrogens (primary N) is 1. The summed E-state index contributed by atoms with van der Waals surface area (Å²) in [6, 6.07) is 5.43. The fourth-order valence-corrected chi connectivity index (χ4v) is 2.08. The third kappa shape index (κ3) is 5.22. The highest BCUT2D eigenvalue weighted by Crippen LogP contribution is 2.20. The smallest absolute Gasteiger partial charge is 0.173 e. The zero-order valence-corrected chi connectivity index (χ0v) is 12.6. The first-order valence-electron chi connectivity index (χ1n) is 6.52. The van der Waals surface area contributed by atoms with E-state index in [1.54, 1.807) is 13.2 Å². The maximum Gasteiger partial charge on any atom is 0.173 e. The predicted molar refractivity (Wildman–Crippen MR) is 79.7 cm³/mol. The van der Waals surface area contributed by atoms with Crippen LogP contribution in [0.25, 0.3) is 0 Å². The van der Waals surface area contributed by atoms with E-state index in [0.29, 0.717) is 31.0 Å². The third-order valence-electron chi connectivity index (χ3n) is 2.98. The Morgan fingerprint density at radius 3 is 2.71 bits per heavy atom. The normalized spacial score (nSPS) is 13.5. The highest BCUT2D eigenvalue weighted by Gasteiger charge is 2.12. The average molecular weight is 297 g/mol. The van der Waals surface area contributed by atoms with Crippen molar-refractivity contribution in [1.29, 1.82) is 0 Å². The Kier molecular flexibility index (Phi) is 6.93. The Morgan fingerprint density at radius 1 is 1.43 bits per heavy atom. The predicted octanol–water partition coefficient (Wildman–Crippen LogP) is 0.229. The van der Waals surface area contributed by atoms with Crippen LogP contribution in [0.5, 0.6) is 5.75 Å². The van der Waals surface area contributed by atoms with E-state index in [4.69, 9.17) is 20.4 Å². The number of methoxy groups -OCH3 is 2. The molecule has 1 unspecified atom stereocenters. The van der Waals surface area contributed by atoms with Crippen LogP contribution in [0.3, 0.4) is 0 Å². The minimum Gasteiger partial charge on any atom is -0.496 e. The van der Waals surface area contributed by atoms with Crippen LogP contribution in [0.4, 0.5) is 0 Å². The van der Waals surface area contributed by atoms with Gasteiger partial charge < -0.3 is 25.5 Å². The molecule has 0 radical (unpaired) electrons. The highest BCUT2D eigenvalue weighted by molar-refractivity contribution is 5.99. The summed E-state index contributed by atoms with van der Waals surface area (Å²) in [5, 5.41) is 21.4. The molecule has 0 aliphatic heterocycles. The van der Waals surface area contributed by atoms with Crippen molar-refractivity contribution in [2.45, 2.75) is 12.6 Å². The van der Waals surface area contributed by atoms with Gasteiger partial charge in [0.15, 0.2) is 5.84 Å². The molecule has 0 amide bonds. The maximum atomic E-state index is 9.70. The summed E-state index contributed by atoms with van der Waals surface area (Å²) >= 11 is 0. The highest BCUT2D eigenvalue weighted by atomic mass is 16.5. The van der Waals surface area contributed by atoms with Gasteiger partial charge in [0, 0.05) is 20.2 Å². The topological polar surface area (TPSA) is 101 Å². The van der Waals surface area contributed by atoms with Gasteiger partial charge in [0.1, 0.15) is 5.75 Å². The minimum atomic E-state index is -0.529. The van der Waals surface area contributed by atoms with Crippen molar-refractivity contribution in [2.75, 3.05) is 34.4 Å². The quantitative estimate of drug-likeness (QED) is 0.275. The van der Waals surface area contributed by atoms with Crippen molar-refractivity contribution in [3.05, 3.63) is 29.3 Å². The van der Waals surface area contributed by atoms with Gasteiger partial charge in [0.2, 0.25) is 0 Å². The number of aliphatic hydroxyl groups is 1. The SMILES string of the molecule is COCC(O)CN(C)Cc1ccc(/C(N)=N/O)c(OC)c1. The monoisotopic (exact) mass is 297 g/mol. The standard InChI is InChI=1S/C14H23N3O4/c1-17(8-11(18)9-20-2)7-10-4-5-12(14(15)16-19)13(6-10)21-3/h4-6,11,18-19H,7-9H2,1-3H3,(H2,15,16). The molecule has 1 aromatic rings. The van der Waals surface area contributed by atoms with Gasteiger partial charge in [-0.1, -0.05) is 11.2 Å². The largest absolute Gasteiger partial charge is 0.496 e. The summed E-state index contributed by atoms with van der Waals surface area (Å²) in [4.78, 5) is 1.97. The fourth-order valence-electron chi connectivity index (χ4n) is 2.08. The van der Waals surface area contributed by atoms with Gasteiger partial charge in [0.05, 0.1) is 25.4 Å². The first-order valence-corrected chi connectivity index (χ1v) is 6.52. The number of benzene rings is 1. The average Bonchev–Trinajstić information content (AvgIpc) is 2.46. The Morgan fingerprint density at radius 2 is 2.14 bits per heavy atom. The van der Waals surface area contributed by atoms with Gasteiger partial charge >= 0.3 is 0 Å². The van der Waals surface area contributed by atoms with Crippen LogP contribution in [0.1, 0.15) is 11.1 Å². The molecule has 0 saturated carbocycles. The molecule has 118 valence electrons. The summed E-state index contributed by atoms with van der Waals surface area (Å²) in [5.41, 5.74) is 7.11. The molecule has 0 saturated heterocycles. The lowest BCUT2D eigenvalue weighted by atomic mass is 10.1. The Bertz CT molecular complexity index is 479. The van der Waals surface area contributed by atoms with Gasteiger partial charge in [-0.15, -0.1) is 0 Å². The molecule has 1 atom stereocenters. The zero-order valence-electron chi connectivity index (χ0n) is 12.6. The van der Waals surface area contributed by atoms with Crippen molar-refractivity contribution < 1.29 is 19.8 Å². The summed E-state index contributed by atoms with van der Waals surface area (Å²) in [6.45, 7) is 1.43. The van der Waals surface area contributed by atoms with Crippen LogP contribution in [0.2, 0.25) is 0 Å². The lowest BCUT2D eigenvalue weighted by Gasteiger charge is -2.20.